The second-order valence-corrected chi connectivity index (χ2v) is 6.05. The summed E-state index contributed by atoms with van der Waals surface area (Å²) in [6, 6.07) is 20.9. The van der Waals surface area contributed by atoms with E-state index in [1.807, 2.05) is 60.5 Å². The normalized spacial score (nSPS) is 10.3. The number of amides is 1. The minimum Gasteiger partial charge on any atom is -0.348 e. The number of nitrogens with one attached hydrogen (secondary N) is 1. The number of rotatable bonds is 5. The third-order valence-corrected chi connectivity index (χ3v) is 4.12. The lowest BCUT2D eigenvalue weighted by Crippen LogP contribution is -2.23. The number of carbonyl (C=O) groups is 1. The molecule has 0 spiro atoms. The van der Waals surface area contributed by atoms with Crippen LogP contribution < -0.4 is 10.2 Å². The Kier molecular flexibility index (Phi) is 5.31. The van der Waals surface area contributed by atoms with Gasteiger partial charge in [-0.2, -0.15) is 0 Å². The summed E-state index contributed by atoms with van der Waals surface area (Å²) in [6.45, 7) is 0.446. The van der Waals surface area contributed by atoms with E-state index in [0.29, 0.717) is 17.1 Å². The van der Waals surface area contributed by atoms with Crippen LogP contribution in [0.5, 0.6) is 0 Å². The Morgan fingerprint density at radius 3 is 2.40 bits per heavy atom. The molecule has 0 aliphatic rings. The molecule has 0 bridgehead atoms. The van der Waals surface area contributed by atoms with Gasteiger partial charge in [0, 0.05) is 30.5 Å². The van der Waals surface area contributed by atoms with E-state index < -0.39 is 0 Å². The first-order valence-electron chi connectivity index (χ1n) is 7.91. The number of carbonyl (C=O) groups excluding carboxylic acids is 1. The van der Waals surface area contributed by atoms with Crippen molar-refractivity contribution < 1.29 is 4.79 Å². The second-order valence-electron chi connectivity index (χ2n) is 5.61. The Balaban J connectivity index is 1.63. The Morgan fingerprint density at radius 1 is 1.04 bits per heavy atom. The molecule has 0 saturated heterocycles. The van der Waals surface area contributed by atoms with Gasteiger partial charge in [0.25, 0.3) is 5.91 Å². The zero-order chi connectivity index (χ0) is 17.6. The van der Waals surface area contributed by atoms with E-state index in [9.17, 15) is 4.79 Å². The summed E-state index contributed by atoms with van der Waals surface area (Å²) in [5, 5.41) is 3.56. The van der Waals surface area contributed by atoms with Crippen molar-refractivity contribution in [3.63, 3.8) is 0 Å². The molecule has 0 unspecified atom stereocenters. The number of para-hydroxylation sites is 1. The minimum absolute atomic E-state index is 0.156. The molecule has 0 radical (unpaired) electrons. The van der Waals surface area contributed by atoms with Gasteiger partial charge in [0.1, 0.15) is 5.82 Å². The number of hydrogen-bond donors (Lipinski definition) is 1. The van der Waals surface area contributed by atoms with E-state index in [2.05, 4.69) is 10.3 Å². The van der Waals surface area contributed by atoms with Crippen molar-refractivity contribution in [2.24, 2.45) is 0 Å². The third-order valence-electron chi connectivity index (χ3n) is 3.86. The van der Waals surface area contributed by atoms with Crippen molar-refractivity contribution in [1.82, 2.24) is 10.3 Å². The van der Waals surface area contributed by atoms with Crippen molar-refractivity contribution in [3.8, 4) is 0 Å². The molecule has 3 rings (SSSR count). The van der Waals surface area contributed by atoms with E-state index in [4.69, 9.17) is 11.6 Å². The van der Waals surface area contributed by atoms with Crippen LogP contribution >= 0.6 is 11.6 Å². The van der Waals surface area contributed by atoms with Crippen LogP contribution in [0.2, 0.25) is 5.02 Å². The van der Waals surface area contributed by atoms with Gasteiger partial charge in [-0.3, -0.25) is 4.79 Å². The third kappa shape index (κ3) is 4.37. The molecule has 0 fully saturated rings. The number of halogens is 1. The maximum atomic E-state index is 12.2. The molecule has 0 aliphatic carbocycles. The number of hydrogen-bond acceptors (Lipinski definition) is 3. The highest BCUT2D eigenvalue weighted by molar-refractivity contribution is 6.30. The zero-order valence-corrected chi connectivity index (χ0v) is 14.6. The largest absolute Gasteiger partial charge is 0.348 e. The van der Waals surface area contributed by atoms with Gasteiger partial charge in [-0.25, -0.2) is 4.98 Å². The van der Waals surface area contributed by atoms with Gasteiger partial charge in [-0.1, -0.05) is 41.9 Å². The van der Waals surface area contributed by atoms with E-state index in [1.165, 1.54) is 0 Å². The fourth-order valence-corrected chi connectivity index (χ4v) is 2.52. The van der Waals surface area contributed by atoms with Crippen molar-refractivity contribution in [2.75, 3.05) is 11.9 Å². The van der Waals surface area contributed by atoms with Gasteiger partial charge in [0.15, 0.2) is 0 Å². The summed E-state index contributed by atoms with van der Waals surface area (Å²) < 4.78 is 0. The SMILES string of the molecule is CN(c1ccccc1)c1ccc(C(=O)NCc2ccc(Cl)cc2)cn1. The first-order chi connectivity index (χ1) is 12.1. The summed E-state index contributed by atoms with van der Waals surface area (Å²) in [5.74, 6) is 0.622. The monoisotopic (exact) mass is 351 g/mol. The molecular weight excluding hydrogens is 334 g/mol. The van der Waals surface area contributed by atoms with Gasteiger partial charge in [0.2, 0.25) is 0 Å². The Labute approximate surface area is 152 Å². The van der Waals surface area contributed by atoms with Crippen molar-refractivity contribution in [3.05, 3.63) is 89.1 Å². The minimum atomic E-state index is -0.156. The van der Waals surface area contributed by atoms with Crippen LogP contribution in [-0.2, 0) is 6.54 Å². The van der Waals surface area contributed by atoms with E-state index in [0.717, 1.165) is 17.1 Å². The van der Waals surface area contributed by atoms with E-state index in [1.54, 1.807) is 24.4 Å². The number of aromatic nitrogens is 1. The average Bonchev–Trinajstić information content (AvgIpc) is 2.67. The van der Waals surface area contributed by atoms with Gasteiger partial charge in [-0.05, 0) is 42.0 Å². The first kappa shape index (κ1) is 17.0. The Morgan fingerprint density at radius 2 is 1.76 bits per heavy atom. The molecule has 3 aromatic rings. The lowest BCUT2D eigenvalue weighted by atomic mass is 10.2. The van der Waals surface area contributed by atoms with Crippen molar-refractivity contribution in [1.29, 1.82) is 0 Å². The molecule has 126 valence electrons. The van der Waals surface area contributed by atoms with Crippen LogP contribution in [0.4, 0.5) is 11.5 Å². The maximum absolute atomic E-state index is 12.2. The lowest BCUT2D eigenvalue weighted by Gasteiger charge is -2.18. The van der Waals surface area contributed by atoms with Crippen LogP contribution in [-0.4, -0.2) is 17.9 Å². The molecule has 0 atom stereocenters. The summed E-state index contributed by atoms with van der Waals surface area (Å²) in [5.41, 5.74) is 2.56. The number of pyridine rings is 1. The predicted octanol–water partition coefficient (Wildman–Crippen LogP) is 4.43. The van der Waals surface area contributed by atoms with Crippen LogP contribution in [0.3, 0.4) is 0 Å². The summed E-state index contributed by atoms with van der Waals surface area (Å²) in [7, 11) is 1.94. The fourth-order valence-electron chi connectivity index (χ4n) is 2.39. The molecular formula is C20H18ClN3O. The van der Waals surface area contributed by atoms with Crippen molar-refractivity contribution in [2.45, 2.75) is 6.54 Å². The maximum Gasteiger partial charge on any atom is 0.253 e. The Hall–Kier alpha value is -2.85. The quantitative estimate of drug-likeness (QED) is 0.739. The molecule has 1 aromatic heterocycles. The fraction of sp³-hybridized carbons (Fsp3) is 0.100. The molecule has 4 nitrogen and oxygen atoms in total. The summed E-state index contributed by atoms with van der Waals surface area (Å²) >= 11 is 5.86. The van der Waals surface area contributed by atoms with Crippen LogP contribution in [0.25, 0.3) is 0 Å². The van der Waals surface area contributed by atoms with Gasteiger partial charge in [-0.15, -0.1) is 0 Å². The highest BCUT2D eigenvalue weighted by Gasteiger charge is 2.09. The van der Waals surface area contributed by atoms with Crippen LogP contribution in [0.15, 0.2) is 72.9 Å². The van der Waals surface area contributed by atoms with Crippen LogP contribution in [0, 0.1) is 0 Å². The van der Waals surface area contributed by atoms with Crippen molar-refractivity contribution >= 4 is 29.0 Å². The number of benzene rings is 2. The van der Waals surface area contributed by atoms with Gasteiger partial charge < -0.3 is 10.2 Å². The number of anilines is 2. The molecule has 2 aromatic carbocycles. The first-order valence-corrected chi connectivity index (χ1v) is 8.29. The highest BCUT2D eigenvalue weighted by atomic mass is 35.5. The highest BCUT2D eigenvalue weighted by Crippen LogP contribution is 2.20. The van der Waals surface area contributed by atoms with Gasteiger partial charge >= 0.3 is 0 Å². The predicted molar refractivity (Wildman–Crippen MR) is 101 cm³/mol. The summed E-state index contributed by atoms with van der Waals surface area (Å²) in [4.78, 5) is 18.6. The topological polar surface area (TPSA) is 45.2 Å². The standard InChI is InChI=1S/C20H18ClN3O/c1-24(18-5-3-2-4-6-18)19-12-9-16(14-22-19)20(25)23-13-15-7-10-17(21)11-8-15/h2-12,14H,13H2,1H3,(H,23,25). The smallest absolute Gasteiger partial charge is 0.253 e. The molecule has 0 saturated carbocycles. The Bertz CT molecular complexity index is 833. The molecule has 1 N–H and O–H groups in total. The lowest BCUT2D eigenvalue weighted by molar-refractivity contribution is 0.0950. The van der Waals surface area contributed by atoms with E-state index >= 15 is 0 Å². The molecule has 1 heterocycles. The molecule has 1 amide bonds. The summed E-state index contributed by atoms with van der Waals surface area (Å²) in [6.07, 6.45) is 1.59. The molecule has 0 aliphatic heterocycles. The average molecular weight is 352 g/mol. The van der Waals surface area contributed by atoms with Crippen LogP contribution in [0.1, 0.15) is 15.9 Å². The molecule has 25 heavy (non-hydrogen) atoms. The second kappa shape index (κ2) is 7.81. The van der Waals surface area contributed by atoms with Gasteiger partial charge in [0.05, 0.1) is 5.56 Å². The zero-order valence-electron chi connectivity index (χ0n) is 13.8. The number of nitrogens with zero attached hydrogens (tertiary/aromatic N) is 2. The van der Waals surface area contributed by atoms with E-state index in [-0.39, 0.29) is 5.91 Å². The molecule has 5 heteroatoms.